The van der Waals surface area contributed by atoms with Gasteiger partial charge in [-0.1, -0.05) is 30.4 Å². The topological polar surface area (TPSA) is 31.2 Å². The summed E-state index contributed by atoms with van der Waals surface area (Å²) < 4.78 is 7.99. The van der Waals surface area contributed by atoms with E-state index in [1.54, 1.807) is 4.57 Å². The maximum Gasteiger partial charge on any atom is 0.258 e. The summed E-state index contributed by atoms with van der Waals surface area (Å²) in [4.78, 5) is 12.9. The van der Waals surface area contributed by atoms with Gasteiger partial charge in [-0.2, -0.15) is 0 Å². The zero-order valence-corrected chi connectivity index (χ0v) is 14.2. The molecule has 2 atom stereocenters. The summed E-state index contributed by atoms with van der Waals surface area (Å²) in [6.07, 6.45) is 4.73. The number of hydrogen-bond acceptors (Lipinski definition) is 2. The number of aryl methyl sites for hydroxylation is 1. The highest BCUT2D eigenvalue weighted by Gasteiger charge is 2.37. The van der Waals surface area contributed by atoms with Crippen molar-refractivity contribution in [3.63, 3.8) is 0 Å². The second-order valence-corrected chi connectivity index (χ2v) is 6.80. The van der Waals surface area contributed by atoms with Gasteiger partial charge in [-0.05, 0) is 39.0 Å². The second kappa shape index (κ2) is 5.41. The molecule has 2 heterocycles. The predicted octanol–water partition coefficient (Wildman–Crippen LogP) is 4.32. The van der Waals surface area contributed by atoms with Crippen molar-refractivity contribution >= 4 is 10.9 Å². The first-order valence-electron chi connectivity index (χ1n) is 7.95. The Hall–Kier alpha value is -2.29. The molecule has 0 spiro atoms. The van der Waals surface area contributed by atoms with E-state index in [-0.39, 0.29) is 11.5 Å². The van der Waals surface area contributed by atoms with Gasteiger partial charge in [0.05, 0.1) is 11.1 Å². The molecule has 23 heavy (non-hydrogen) atoms. The highest BCUT2D eigenvalue weighted by atomic mass is 16.5. The molecule has 1 aromatic carbocycles. The van der Waals surface area contributed by atoms with Gasteiger partial charge in [-0.25, -0.2) is 0 Å². The molecule has 0 N–H and O–H groups in total. The van der Waals surface area contributed by atoms with Crippen LogP contribution in [0.5, 0.6) is 5.75 Å². The van der Waals surface area contributed by atoms with Crippen LogP contribution in [0.4, 0.5) is 0 Å². The Kier molecular flexibility index (Phi) is 3.67. The maximum atomic E-state index is 12.9. The average Bonchev–Trinajstić information content (AvgIpc) is 2.51. The van der Waals surface area contributed by atoms with Gasteiger partial charge in [-0.15, -0.1) is 0 Å². The van der Waals surface area contributed by atoms with Gasteiger partial charge in [0.2, 0.25) is 0 Å². The lowest BCUT2D eigenvalue weighted by molar-refractivity contribution is 0.109. The van der Waals surface area contributed by atoms with E-state index in [0.717, 1.165) is 22.9 Å². The van der Waals surface area contributed by atoms with Crippen LogP contribution in [-0.4, -0.2) is 10.2 Å². The van der Waals surface area contributed by atoms with Crippen molar-refractivity contribution in [1.29, 1.82) is 0 Å². The van der Waals surface area contributed by atoms with Gasteiger partial charge in [0.15, 0.2) is 0 Å². The summed E-state index contributed by atoms with van der Waals surface area (Å²) in [5.74, 6) is 0.745. The van der Waals surface area contributed by atoms with Gasteiger partial charge in [0.1, 0.15) is 11.4 Å². The van der Waals surface area contributed by atoms with Crippen LogP contribution in [0.3, 0.4) is 0 Å². The van der Waals surface area contributed by atoms with Crippen molar-refractivity contribution in [2.45, 2.75) is 38.7 Å². The van der Waals surface area contributed by atoms with Gasteiger partial charge < -0.3 is 9.30 Å². The first-order chi connectivity index (χ1) is 10.9. The zero-order chi connectivity index (χ0) is 16.8. The van der Waals surface area contributed by atoms with Crippen LogP contribution >= 0.6 is 0 Å². The standard InChI is InChI=1S/C20H23NO2/c1-6-20(4)12-14(11-13(2)3)17-18(23-20)15-9-7-8-10-16(15)21(5)19(17)22/h6-11,14H,1,12H2,2-5H3/t14-,20+/m0/s1. The SMILES string of the molecule is C=C[C@]1(C)C[C@H](C=C(C)C)c2c(c3ccccc3n(C)c2=O)O1. The van der Waals surface area contributed by atoms with Crippen LogP contribution < -0.4 is 10.3 Å². The van der Waals surface area contributed by atoms with Crippen LogP contribution in [0.1, 0.15) is 38.7 Å². The lowest BCUT2D eigenvalue weighted by Gasteiger charge is -2.37. The molecule has 0 amide bonds. The van der Waals surface area contributed by atoms with Crippen molar-refractivity contribution in [2.24, 2.45) is 7.05 Å². The number of rotatable bonds is 2. The van der Waals surface area contributed by atoms with E-state index in [4.69, 9.17) is 4.74 Å². The number of aromatic nitrogens is 1. The fraction of sp³-hybridized carbons (Fsp3) is 0.350. The van der Waals surface area contributed by atoms with Gasteiger partial charge in [0, 0.05) is 24.8 Å². The number of para-hydroxylation sites is 1. The van der Waals surface area contributed by atoms with Gasteiger partial charge in [-0.3, -0.25) is 4.79 Å². The minimum atomic E-state index is -0.473. The second-order valence-electron chi connectivity index (χ2n) is 6.80. The number of fused-ring (bicyclic) bond motifs is 3. The molecular weight excluding hydrogens is 286 g/mol. The molecule has 0 saturated heterocycles. The molecule has 0 radical (unpaired) electrons. The molecule has 0 saturated carbocycles. The van der Waals surface area contributed by atoms with Crippen molar-refractivity contribution < 1.29 is 4.74 Å². The highest BCUT2D eigenvalue weighted by molar-refractivity contribution is 5.87. The van der Waals surface area contributed by atoms with Crippen LogP contribution in [0.15, 0.2) is 53.4 Å². The Labute approximate surface area is 136 Å². The van der Waals surface area contributed by atoms with E-state index in [1.807, 2.05) is 44.3 Å². The summed E-state index contributed by atoms with van der Waals surface area (Å²) in [6.45, 7) is 10.1. The van der Waals surface area contributed by atoms with E-state index >= 15 is 0 Å². The molecule has 0 fully saturated rings. The fourth-order valence-electron chi connectivity index (χ4n) is 3.41. The lowest BCUT2D eigenvalue weighted by Crippen LogP contribution is -2.39. The number of benzene rings is 1. The molecular formula is C20H23NO2. The maximum absolute atomic E-state index is 12.9. The smallest absolute Gasteiger partial charge is 0.258 e. The van der Waals surface area contributed by atoms with E-state index in [0.29, 0.717) is 5.75 Å². The van der Waals surface area contributed by atoms with E-state index in [9.17, 15) is 4.79 Å². The van der Waals surface area contributed by atoms with E-state index in [2.05, 4.69) is 26.5 Å². The quantitative estimate of drug-likeness (QED) is 0.774. The van der Waals surface area contributed by atoms with Crippen molar-refractivity contribution in [3.8, 4) is 5.75 Å². The molecule has 1 aliphatic rings. The first kappa shape index (κ1) is 15.6. The Morgan fingerprint density at radius 1 is 1.39 bits per heavy atom. The third kappa shape index (κ3) is 2.50. The summed E-state index contributed by atoms with van der Waals surface area (Å²) >= 11 is 0. The highest BCUT2D eigenvalue weighted by Crippen LogP contribution is 2.44. The number of pyridine rings is 1. The number of nitrogens with zero attached hydrogens (tertiary/aromatic N) is 1. The molecule has 3 rings (SSSR count). The van der Waals surface area contributed by atoms with Crippen molar-refractivity contribution in [1.82, 2.24) is 4.57 Å². The Morgan fingerprint density at radius 3 is 2.74 bits per heavy atom. The van der Waals surface area contributed by atoms with Crippen LogP contribution in [0, 0.1) is 0 Å². The molecule has 0 bridgehead atoms. The van der Waals surface area contributed by atoms with Crippen LogP contribution in [-0.2, 0) is 7.05 Å². The summed E-state index contributed by atoms with van der Waals surface area (Å²) in [6, 6.07) is 7.89. The third-order valence-electron chi connectivity index (χ3n) is 4.59. The minimum Gasteiger partial charge on any atom is -0.482 e. The number of ether oxygens (including phenoxy) is 1. The average molecular weight is 309 g/mol. The Morgan fingerprint density at radius 2 is 2.09 bits per heavy atom. The molecule has 120 valence electrons. The number of hydrogen-bond donors (Lipinski definition) is 0. The molecule has 1 aliphatic heterocycles. The zero-order valence-electron chi connectivity index (χ0n) is 14.2. The third-order valence-corrected chi connectivity index (χ3v) is 4.59. The van der Waals surface area contributed by atoms with E-state index < -0.39 is 5.60 Å². The first-order valence-corrected chi connectivity index (χ1v) is 7.95. The largest absolute Gasteiger partial charge is 0.482 e. The molecule has 2 aromatic rings. The Bertz CT molecular complexity index is 871. The van der Waals surface area contributed by atoms with Crippen molar-refractivity contribution in [3.05, 3.63) is 64.5 Å². The molecule has 3 heteroatoms. The summed E-state index contributed by atoms with van der Waals surface area (Å²) in [7, 11) is 1.83. The van der Waals surface area contributed by atoms with Gasteiger partial charge in [0.25, 0.3) is 5.56 Å². The van der Waals surface area contributed by atoms with Gasteiger partial charge >= 0.3 is 0 Å². The lowest BCUT2D eigenvalue weighted by atomic mass is 9.82. The normalized spacial score (nSPS) is 23.0. The predicted molar refractivity (Wildman–Crippen MR) is 95.2 cm³/mol. The molecule has 3 nitrogen and oxygen atoms in total. The monoisotopic (exact) mass is 309 g/mol. The van der Waals surface area contributed by atoms with Crippen LogP contribution in [0.25, 0.3) is 10.9 Å². The Balaban J connectivity index is 2.41. The van der Waals surface area contributed by atoms with Crippen molar-refractivity contribution in [2.75, 3.05) is 0 Å². The molecule has 0 aliphatic carbocycles. The fourth-order valence-corrected chi connectivity index (χ4v) is 3.41. The number of allylic oxidation sites excluding steroid dienone is 2. The molecule has 0 unspecified atom stereocenters. The molecule has 1 aromatic heterocycles. The van der Waals surface area contributed by atoms with Crippen LogP contribution in [0.2, 0.25) is 0 Å². The minimum absolute atomic E-state index is 0.0207. The van der Waals surface area contributed by atoms with E-state index in [1.165, 1.54) is 5.57 Å². The summed E-state index contributed by atoms with van der Waals surface area (Å²) in [5.41, 5.74) is 2.39. The summed E-state index contributed by atoms with van der Waals surface area (Å²) in [5, 5.41) is 0.976.